The van der Waals surface area contributed by atoms with Crippen LogP contribution in [0.5, 0.6) is 5.88 Å². The lowest BCUT2D eigenvalue weighted by Crippen LogP contribution is -2.18. The van der Waals surface area contributed by atoms with Gasteiger partial charge in [0.1, 0.15) is 0 Å². The van der Waals surface area contributed by atoms with Crippen molar-refractivity contribution in [3.05, 3.63) is 20.9 Å². The second-order valence-electron chi connectivity index (χ2n) is 2.71. The zero-order valence-corrected chi connectivity index (χ0v) is 11.4. The van der Waals surface area contributed by atoms with Gasteiger partial charge in [-0.3, -0.25) is 0 Å². The van der Waals surface area contributed by atoms with Crippen LogP contribution < -0.4 is 4.74 Å². The van der Waals surface area contributed by atoms with Crippen LogP contribution in [0.2, 0.25) is 0 Å². The van der Waals surface area contributed by atoms with Gasteiger partial charge in [-0.2, -0.15) is 0 Å². The number of hydrogen-bond donors (Lipinski definition) is 1. The molecule has 8 heteroatoms. The van der Waals surface area contributed by atoms with E-state index in [0.717, 1.165) is 0 Å². The zero-order valence-electron chi connectivity index (χ0n) is 7.68. The van der Waals surface area contributed by atoms with Gasteiger partial charge in [-0.25, -0.2) is 4.98 Å². The normalized spacial score (nSPS) is 11.6. The number of alkyl halides is 4. The number of aliphatic hydroxyl groups is 1. The van der Waals surface area contributed by atoms with Crippen LogP contribution in [0.25, 0.3) is 0 Å². The van der Waals surface area contributed by atoms with Crippen LogP contribution in [0, 0.1) is 3.57 Å². The van der Waals surface area contributed by atoms with Crippen molar-refractivity contribution < 1.29 is 23.0 Å². The van der Waals surface area contributed by atoms with Gasteiger partial charge in [-0.1, -0.05) is 15.9 Å². The third-order valence-corrected chi connectivity index (χ3v) is 3.16. The van der Waals surface area contributed by atoms with Crippen molar-refractivity contribution >= 4 is 38.5 Å². The van der Waals surface area contributed by atoms with E-state index in [0.29, 0.717) is 14.5 Å². The Morgan fingerprint density at radius 3 is 2.56 bits per heavy atom. The number of halogens is 5. The lowest BCUT2D eigenvalue weighted by atomic mass is 10.2. The molecule has 3 nitrogen and oxygen atoms in total. The zero-order chi connectivity index (χ0) is 12.3. The lowest BCUT2D eigenvalue weighted by molar-refractivity contribution is -0.276. The maximum atomic E-state index is 12.0. The first-order valence-corrected chi connectivity index (χ1v) is 6.18. The van der Waals surface area contributed by atoms with Crippen LogP contribution in [0.3, 0.4) is 0 Å². The van der Waals surface area contributed by atoms with Gasteiger partial charge in [-0.15, -0.1) is 13.2 Å². The molecule has 0 saturated carbocycles. The number of aliphatic hydroxyl groups excluding tert-OH is 1. The Morgan fingerprint density at radius 2 is 2.12 bits per heavy atom. The molecule has 1 rings (SSSR count). The first kappa shape index (κ1) is 14.0. The van der Waals surface area contributed by atoms with E-state index in [1.54, 1.807) is 0 Å². The van der Waals surface area contributed by atoms with Gasteiger partial charge in [-0.05, 0) is 22.6 Å². The Bertz CT molecular complexity index is 386. The third kappa shape index (κ3) is 3.74. The second-order valence-corrected chi connectivity index (χ2v) is 4.43. The number of pyridine rings is 1. The SMILES string of the molecule is OCc1nc(OC(F)(F)F)cc(I)c1CBr. The fourth-order valence-corrected chi connectivity index (χ4v) is 2.93. The summed E-state index contributed by atoms with van der Waals surface area (Å²) in [6.45, 7) is -0.438. The van der Waals surface area contributed by atoms with Crippen LogP contribution >= 0.6 is 38.5 Å². The standard InChI is InChI=1S/C8H6BrF3INO2/c9-2-4-5(13)1-7(14-6(4)3-15)16-8(10,11)12/h1,15H,2-3H2. The Labute approximate surface area is 111 Å². The fourth-order valence-electron chi connectivity index (χ4n) is 1.01. The summed E-state index contributed by atoms with van der Waals surface area (Å²) in [4.78, 5) is 3.58. The predicted octanol–water partition coefficient (Wildman–Crippen LogP) is 2.97. The van der Waals surface area contributed by atoms with E-state index in [9.17, 15) is 13.2 Å². The van der Waals surface area contributed by atoms with Gasteiger partial charge in [0.05, 0.1) is 12.3 Å². The van der Waals surface area contributed by atoms with Gasteiger partial charge < -0.3 is 9.84 Å². The summed E-state index contributed by atoms with van der Waals surface area (Å²) >= 11 is 5.03. The molecule has 90 valence electrons. The average Bonchev–Trinajstić information content (AvgIpc) is 2.14. The van der Waals surface area contributed by atoms with Crippen molar-refractivity contribution in [2.75, 3.05) is 0 Å². The lowest BCUT2D eigenvalue weighted by Gasteiger charge is -2.12. The van der Waals surface area contributed by atoms with E-state index in [-0.39, 0.29) is 5.69 Å². The Balaban J connectivity index is 3.10. The molecular weight excluding hydrogens is 406 g/mol. The van der Waals surface area contributed by atoms with Crippen molar-refractivity contribution in [2.45, 2.75) is 18.3 Å². The van der Waals surface area contributed by atoms with Crippen LogP contribution in [-0.2, 0) is 11.9 Å². The number of rotatable bonds is 3. The molecule has 1 aromatic rings. The minimum atomic E-state index is -4.78. The molecule has 0 atom stereocenters. The molecule has 0 aromatic carbocycles. The monoisotopic (exact) mass is 411 g/mol. The maximum Gasteiger partial charge on any atom is 0.574 e. The molecule has 0 bridgehead atoms. The highest BCUT2D eigenvalue weighted by Gasteiger charge is 2.32. The van der Waals surface area contributed by atoms with Gasteiger partial charge in [0.2, 0.25) is 5.88 Å². The Hall–Kier alpha value is -0.0900. The quantitative estimate of drug-likeness (QED) is 0.614. The summed E-state index contributed by atoms with van der Waals surface area (Å²) in [5.74, 6) is -0.564. The minimum absolute atomic E-state index is 0.169. The molecule has 0 aliphatic rings. The largest absolute Gasteiger partial charge is 0.574 e. The van der Waals surface area contributed by atoms with Gasteiger partial charge in [0.25, 0.3) is 0 Å². The summed E-state index contributed by atoms with van der Waals surface area (Å²) in [5.41, 5.74) is 0.820. The van der Waals surface area contributed by atoms with Crippen LogP contribution in [0.4, 0.5) is 13.2 Å². The molecule has 0 fully saturated rings. The van der Waals surface area contributed by atoms with E-state index in [2.05, 4.69) is 25.7 Å². The third-order valence-electron chi connectivity index (χ3n) is 1.64. The van der Waals surface area contributed by atoms with Crippen molar-refractivity contribution in [2.24, 2.45) is 0 Å². The Morgan fingerprint density at radius 1 is 1.50 bits per heavy atom. The summed E-state index contributed by atoms with van der Waals surface area (Å²) < 4.78 is 40.1. The van der Waals surface area contributed by atoms with E-state index in [1.807, 2.05) is 22.6 Å². The molecule has 1 heterocycles. The number of aromatic nitrogens is 1. The number of nitrogens with zero attached hydrogens (tertiary/aromatic N) is 1. The van der Waals surface area contributed by atoms with Crippen molar-refractivity contribution in [1.29, 1.82) is 0 Å². The van der Waals surface area contributed by atoms with Gasteiger partial charge >= 0.3 is 6.36 Å². The van der Waals surface area contributed by atoms with E-state index >= 15 is 0 Å². The maximum absolute atomic E-state index is 12.0. The first-order chi connectivity index (χ1) is 7.37. The van der Waals surface area contributed by atoms with Crippen LogP contribution in [0.15, 0.2) is 6.07 Å². The highest BCUT2D eigenvalue weighted by Crippen LogP contribution is 2.27. The molecular formula is C8H6BrF3INO2. The molecule has 0 aliphatic carbocycles. The molecule has 0 aliphatic heterocycles. The summed E-state index contributed by atoms with van der Waals surface area (Å²) in [5, 5.41) is 9.38. The molecule has 0 unspecified atom stereocenters. The van der Waals surface area contributed by atoms with Crippen molar-refractivity contribution in [1.82, 2.24) is 4.98 Å². The highest BCUT2D eigenvalue weighted by atomic mass is 127. The van der Waals surface area contributed by atoms with Crippen LogP contribution in [0.1, 0.15) is 11.3 Å². The molecule has 0 radical (unpaired) electrons. The van der Waals surface area contributed by atoms with Crippen LogP contribution in [-0.4, -0.2) is 16.5 Å². The summed E-state index contributed by atoms with van der Waals surface area (Å²) in [6.07, 6.45) is -4.78. The fraction of sp³-hybridized carbons (Fsp3) is 0.375. The predicted molar refractivity (Wildman–Crippen MR) is 62.2 cm³/mol. The van der Waals surface area contributed by atoms with Gasteiger partial charge in [0, 0.05) is 20.5 Å². The van der Waals surface area contributed by atoms with Crippen molar-refractivity contribution in [3.8, 4) is 5.88 Å². The highest BCUT2D eigenvalue weighted by molar-refractivity contribution is 14.1. The number of ether oxygens (including phenoxy) is 1. The second kappa shape index (κ2) is 5.50. The molecule has 0 amide bonds. The van der Waals surface area contributed by atoms with Crippen molar-refractivity contribution in [3.63, 3.8) is 0 Å². The molecule has 1 aromatic heterocycles. The first-order valence-electron chi connectivity index (χ1n) is 3.98. The van der Waals surface area contributed by atoms with E-state index < -0.39 is 18.8 Å². The molecule has 0 spiro atoms. The smallest absolute Gasteiger partial charge is 0.390 e. The summed E-state index contributed by atoms with van der Waals surface area (Å²) in [6, 6.07) is 1.17. The summed E-state index contributed by atoms with van der Waals surface area (Å²) in [7, 11) is 0. The molecule has 0 saturated heterocycles. The van der Waals surface area contributed by atoms with E-state index in [4.69, 9.17) is 5.11 Å². The van der Waals surface area contributed by atoms with Gasteiger partial charge in [0.15, 0.2) is 0 Å². The van der Waals surface area contributed by atoms with E-state index in [1.165, 1.54) is 6.07 Å². The Kier molecular flexibility index (Phi) is 4.80. The molecule has 16 heavy (non-hydrogen) atoms. The average molecular weight is 412 g/mol. The number of hydrogen-bond acceptors (Lipinski definition) is 3. The minimum Gasteiger partial charge on any atom is -0.390 e. The molecule has 1 N–H and O–H groups in total. The topological polar surface area (TPSA) is 42.4 Å².